The molecule has 0 radical (unpaired) electrons. The minimum absolute atomic E-state index is 0.586. The molecule has 15 heteroatoms. The third-order valence-corrected chi connectivity index (χ3v) is 3.53. The van der Waals surface area contributed by atoms with Gasteiger partial charge in [0.2, 0.25) is 5.41 Å². The van der Waals surface area contributed by atoms with Crippen molar-refractivity contribution in [2.24, 2.45) is 5.41 Å². The van der Waals surface area contributed by atoms with Gasteiger partial charge in [0.05, 0.1) is 6.61 Å². The van der Waals surface area contributed by atoms with Crippen molar-refractivity contribution in [3.63, 3.8) is 0 Å². The van der Waals surface area contributed by atoms with Gasteiger partial charge in [-0.2, -0.15) is 0 Å². The molecule has 0 amide bonds. The fourth-order valence-electron chi connectivity index (χ4n) is 2.11. The lowest BCUT2D eigenvalue weighted by molar-refractivity contribution is -0.201. The summed E-state index contributed by atoms with van der Waals surface area (Å²) in [7, 11) is 0. The molecule has 27 heavy (non-hydrogen) atoms. The van der Waals surface area contributed by atoms with Crippen LogP contribution in [0.2, 0.25) is 0 Å². The Labute approximate surface area is 147 Å². The van der Waals surface area contributed by atoms with Gasteiger partial charge in [0.1, 0.15) is 0 Å². The summed E-state index contributed by atoms with van der Waals surface area (Å²) in [5.74, 6) is -12.0. The molecule has 0 bridgehead atoms. The second-order valence-corrected chi connectivity index (χ2v) is 4.97. The summed E-state index contributed by atoms with van der Waals surface area (Å²) in [5, 5.41) is 68.0. The number of ether oxygens (including phenoxy) is 1. The SMILES string of the molecule is O=C(O)C(O)C(O)C(=O)O.O=C(O)C1(C(=O)O)CCOC1(C(=O)O)C(=O)O. The van der Waals surface area contributed by atoms with E-state index in [0.29, 0.717) is 0 Å². The molecule has 0 aromatic rings. The quantitative estimate of drug-likeness (QED) is 0.192. The van der Waals surface area contributed by atoms with E-state index >= 15 is 0 Å². The summed E-state index contributed by atoms with van der Waals surface area (Å²) in [5.41, 5.74) is -6.35. The topological polar surface area (TPSA) is 273 Å². The van der Waals surface area contributed by atoms with Gasteiger partial charge in [-0.15, -0.1) is 0 Å². The first kappa shape index (κ1) is 23.7. The first-order chi connectivity index (χ1) is 12.2. The molecule has 1 fully saturated rings. The number of carboxylic acid groups (broad SMARTS) is 6. The van der Waals surface area contributed by atoms with E-state index in [9.17, 15) is 28.8 Å². The maximum atomic E-state index is 11.0. The van der Waals surface area contributed by atoms with Gasteiger partial charge in [-0.05, 0) is 0 Å². The molecule has 152 valence electrons. The highest BCUT2D eigenvalue weighted by Gasteiger charge is 2.76. The Balaban J connectivity index is 0.000000580. The average molecular weight is 398 g/mol. The Morgan fingerprint density at radius 3 is 1.19 bits per heavy atom. The third-order valence-electron chi connectivity index (χ3n) is 3.53. The van der Waals surface area contributed by atoms with E-state index in [1.54, 1.807) is 0 Å². The number of carbonyl (C=O) groups is 6. The minimum Gasteiger partial charge on any atom is -0.480 e. The summed E-state index contributed by atoms with van der Waals surface area (Å²) in [4.78, 5) is 63.5. The first-order valence-corrected chi connectivity index (χ1v) is 6.59. The van der Waals surface area contributed by atoms with Crippen LogP contribution in [0.4, 0.5) is 0 Å². The van der Waals surface area contributed by atoms with Crippen molar-refractivity contribution in [3.8, 4) is 0 Å². The van der Waals surface area contributed by atoms with Crippen LogP contribution in [-0.2, 0) is 33.5 Å². The van der Waals surface area contributed by atoms with E-state index in [4.69, 9.17) is 40.9 Å². The van der Waals surface area contributed by atoms with Crippen LogP contribution in [0.3, 0.4) is 0 Å². The van der Waals surface area contributed by atoms with Crippen LogP contribution in [0, 0.1) is 5.41 Å². The molecule has 8 N–H and O–H groups in total. The summed E-state index contributed by atoms with van der Waals surface area (Å²) in [6.07, 6.45) is -5.27. The summed E-state index contributed by atoms with van der Waals surface area (Å²) in [6, 6.07) is 0. The molecule has 0 aromatic carbocycles. The lowest BCUT2D eigenvalue weighted by Gasteiger charge is -2.30. The van der Waals surface area contributed by atoms with Gasteiger partial charge < -0.3 is 45.6 Å². The van der Waals surface area contributed by atoms with Gasteiger partial charge in [-0.1, -0.05) is 0 Å². The van der Waals surface area contributed by atoms with Crippen LogP contribution in [0.1, 0.15) is 6.42 Å². The molecule has 0 spiro atoms. The van der Waals surface area contributed by atoms with E-state index < -0.39 is 72.1 Å². The molecule has 0 aromatic heterocycles. The van der Waals surface area contributed by atoms with E-state index in [2.05, 4.69) is 4.74 Å². The van der Waals surface area contributed by atoms with Crippen molar-refractivity contribution in [2.75, 3.05) is 6.61 Å². The second kappa shape index (κ2) is 8.39. The molecule has 2 atom stereocenters. The van der Waals surface area contributed by atoms with Crippen LogP contribution in [0.25, 0.3) is 0 Å². The monoisotopic (exact) mass is 398 g/mol. The number of aliphatic hydroxyl groups is 2. The highest BCUT2D eigenvalue weighted by molar-refractivity contribution is 6.16. The molecule has 1 aliphatic rings. The molecule has 0 saturated carbocycles. The van der Waals surface area contributed by atoms with Crippen LogP contribution >= 0.6 is 0 Å². The zero-order chi connectivity index (χ0) is 21.7. The summed E-state index contributed by atoms with van der Waals surface area (Å²) in [6.45, 7) is -0.586. The Bertz CT molecular complexity index is 580. The zero-order valence-electron chi connectivity index (χ0n) is 13.0. The molecule has 2 unspecified atom stereocenters. The first-order valence-electron chi connectivity index (χ1n) is 6.59. The van der Waals surface area contributed by atoms with Crippen molar-refractivity contribution in [2.45, 2.75) is 24.2 Å². The van der Waals surface area contributed by atoms with Crippen molar-refractivity contribution >= 4 is 35.8 Å². The fourth-order valence-corrected chi connectivity index (χ4v) is 2.11. The zero-order valence-corrected chi connectivity index (χ0v) is 13.0. The second-order valence-electron chi connectivity index (χ2n) is 4.97. The molecular formula is C12H14O15. The van der Waals surface area contributed by atoms with E-state index in [-0.39, 0.29) is 0 Å². The van der Waals surface area contributed by atoms with Gasteiger partial charge in [0, 0.05) is 6.42 Å². The predicted octanol–water partition coefficient (Wildman–Crippen LogP) is -3.65. The fraction of sp³-hybridized carbons (Fsp3) is 0.500. The number of carboxylic acids is 6. The van der Waals surface area contributed by atoms with E-state index in [0.717, 1.165) is 0 Å². The Hall–Kier alpha value is -3.30. The predicted molar refractivity (Wildman–Crippen MR) is 73.6 cm³/mol. The smallest absolute Gasteiger partial charge is 0.349 e. The Morgan fingerprint density at radius 1 is 0.667 bits per heavy atom. The van der Waals surface area contributed by atoms with Crippen molar-refractivity contribution in [1.29, 1.82) is 0 Å². The maximum Gasteiger partial charge on any atom is 0.349 e. The molecular weight excluding hydrogens is 384 g/mol. The minimum atomic E-state index is -3.31. The summed E-state index contributed by atoms with van der Waals surface area (Å²) < 4.78 is 4.44. The molecule has 1 saturated heterocycles. The van der Waals surface area contributed by atoms with Crippen molar-refractivity contribution in [1.82, 2.24) is 0 Å². The third kappa shape index (κ3) is 3.94. The maximum absolute atomic E-state index is 11.0. The number of rotatable bonds is 7. The molecule has 1 aliphatic heterocycles. The average Bonchev–Trinajstić information content (AvgIpc) is 2.96. The normalized spacial score (nSPS) is 18.9. The molecule has 1 heterocycles. The van der Waals surface area contributed by atoms with E-state index in [1.807, 2.05) is 0 Å². The standard InChI is InChI=1S/C8H8O9.C4H6O6/c9-3(10)7(4(11)12)1-2-17-8(7,5(13)14)6(15)16;5-1(3(7)8)2(6)4(9)10/h1-2H2,(H,9,10)(H,11,12)(H,13,14)(H,15,16);1-2,5-6H,(H,7,8)(H,9,10). The van der Waals surface area contributed by atoms with Crippen molar-refractivity contribution in [3.05, 3.63) is 0 Å². The van der Waals surface area contributed by atoms with Gasteiger partial charge >= 0.3 is 35.8 Å². The van der Waals surface area contributed by atoms with Crippen molar-refractivity contribution < 1.29 is 74.4 Å². The highest BCUT2D eigenvalue weighted by Crippen LogP contribution is 2.45. The number of aliphatic carboxylic acids is 6. The van der Waals surface area contributed by atoms with E-state index in [1.165, 1.54) is 0 Å². The lowest BCUT2D eigenvalue weighted by Crippen LogP contribution is -2.64. The number of hydrogen-bond acceptors (Lipinski definition) is 9. The Kier molecular flexibility index (Phi) is 7.36. The largest absolute Gasteiger partial charge is 0.480 e. The van der Waals surface area contributed by atoms with Gasteiger partial charge in [-0.3, -0.25) is 9.59 Å². The highest BCUT2D eigenvalue weighted by atomic mass is 16.6. The van der Waals surface area contributed by atoms with Gasteiger partial charge in [-0.25, -0.2) is 19.2 Å². The van der Waals surface area contributed by atoms with Crippen LogP contribution in [0.5, 0.6) is 0 Å². The number of aliphatic hydroxyl groups excluding tert-OH is 2. The molecule has 1 rings (SSSR count). The summed E-state index contributed by atoms with van der Waals surface area (Å²) >= 11 is 0. The van der Waals surface area contributed by atoms with Gasteiger partial charge in [0.25, 0.3) is 5.60 Å². The van der Waals surface area contributed by atoms with Gasteiger partial charge in [0.15, 0.2) is 12.2 Å². The molecule has 15 nitrogen and oxygen atoms in total. The van der Waals surface area contributed by atoms with Crippen LogP contribution in [-0.4, -0.2) is 101 Å². The Morgan fingerprint density at radius 2 is 1.00 bits per heavy atom. The van der Waals surface area contributed by atoms with Crippen LogP contribution < -0.4 is 0 Å². The van der Waals surface area contributed by atoms with Crippen LogP contribution in [0.15, 0.2) is 0 Å². The molecule has 0 aliphatic carbocycles. The number of hydrogen-bond donors (Lipinski definition) is 8. The lowest BCUT2D eigenvalue weighted by atomic mass is 9.71.